The summed E-state index contributed by atoms with van der Waals surface area (Å²) in [7, 11) is 0.225. The van der Waals surface area contributed by atoms with Crippen LogP contribution < -0.4 is 15.7 Å². The molecule has 1 aromatic rings. The highest BCUT2D eigenvalue weighted by atomic mass is 31.2. The molecule has 0 unspecified atom stereocenters. The third-order valence-corrected chi connectivity index (χ3v) is 4.83. The monoisotopic (exact) mass is 385 g/mol. The van der Waals surface area contributed by atoms with E-state index in [4.69, 9.17) is 9.05 Å². The fourth-order valence-electron chi connectivity index (χ4n) is 1.77. The molecule has 0 spiro atoms. The minimum atomic E-state index is -3.67. The smallest absolute Gasteiger partial charge is 0.308 e. The average molecular weight is 385 g/mol. The molecule has 0 saturated carbocycles. The lowest BCUT2D eigenvalue weighted by atomic mass is 10.3. The van der Waals surface area contributed by atoms with Gasteiger partial charge in [-0.1, -0.05) is 13.8 Å². The van der Waals surface area contributed by atoms with Gasteiger partial charge in [-0.05, 0) is 37.1 Å². The summed E-state index contributed by atoms with van der Waals surface area (Å²) in [5.41, 5.74) is 1.46. The maximum Gasteiger partial charge on any atom is 0.436 e. The molecular formula is C17H30N4O4P+. The Bertz CT molecular complexity index is 645. The molecule has 0 bridgehead atoms. The molecule has 0 aliphatic carbocycles. The van der Waals surface area contributed by atoms with E-state index in [1.54, 1.807) is 12.1 Å². The number of benzene rings is 1. The molecule has 146 valence electrons. The average Bonchev–Trinajstić information content (AvgIpc) is 2.59. The van der Waals surface area contributed by atoms with E-state index in [2.05, 4.69) is 15.7 Å². The third kappa shape index (κ3) is 7.99. The van der Waals surface area contributed by atoms with Crippen molar-refractivity contribution in [3.8, 4) is 0 Å². The van der Waals surface area contributed by atoms with Gasteiger partial charge >= 0.3 is 13.8 Å². The Morgan fingerprint density at radius 1 is 1.00 bits per heavy atom. The Hall–Kier alpha value is -1.89. The number of carbonyl (C=O) groups excluding carboxylic acids is 1. The normalized spacial score (nSPS) is 11.0. The molecular weight excluding hydrogens is 355 g/mol. The minimum Gasteiger partial charge on any atom is -0.308 e. The van der Waals surface area contributed by atoms with E-state index in [-0.39, 0.29) is 13.2 Å². The van der Waals surface area contributed by atoms with E-state index >= 15 is 0 Å². The number of hydrogen-bond donors (Lipinski definition) is 3. The van der Waals surface area contributed by atoms with E-state index in [1.807, 2.05) is 51.6 Å². The van der Waals surface area contributed by atoms with Crippen molar-refractivity contribution in [1.29, 1.82) is 0 Å². The zero-order valence-electron chi connectivity index (χ0n) is 16.2. The molecule has 9 heteroatoms. The Morgan fingerprint density at radius 3 is 1.88 bits per heavy atom. The van der Waals surface area contributed by atoms with E-state index < -0.39 is 13.8 Å². The molecule has 8 nitrogen and oxygen atoms in total. The van der Waals surface area contributed by atoms with Gasteiger partial charge in [-0.3, -0.25) is 13.6 Å². The molecule has 26 heavy (non-hydrogen) atoms. The van der Waals surface area contributed by atoms with E-state index in [9.17, 15) is 9.36 Å². The summed E-state index contributed by atoms with van der Waals surface area (Å²) >= 11 is 0. The van der Waals surface area contributed by atoms with Crippen molar-refractivity contribution in [3.63, 3.8) is 0 Å². The van der Waals surface area contributed by atoms with Crippen LogP contribution >= 0.6 is 7.75 Å². The predicted octanol–water partition coefficient (Wildman–Crippen LogP) is 3.87. The van der Waals surface area contributed by atoms with Gasteiger partial charge in [-0.2, -0.15) is 0 Å². The van der Waals surface area contributed by atoms with Crippen LogP contribution in [0.1, 0.15) is 33.6 Å². The number of amidine groups is 1. The van der Waals surface area contributed by atoms with Crippen LogP contribution in [0, 0.1) is 0 Å². The fourth-order valence-corrected chi connectivity index (χ4v) is 3.12. The Labute approximate surface area is 155 Å². The van der Waals surface area contributed by atoms with E-state index in [1.165, 1.54) is 0 Å². The molecule has 0 heterocycles. The van der Waals surface area contributed by atoms with Crippen LogP contribution in [0.4, 0.5) is 16.2 Å². The highest BCUT2D eigenvalue weighted by molar-refractivity contribution is 7.52. The van der Waals surface area contributed by atoms with Crippen molar-refractivity contribution >= 4 is 31.0 Å². The van der Waals surface area contributed by atoms with Gasteiger partial charge in [0.2, 0.25) is 5.84 Å². The minimum absolute atomic E-state index is 0.239. The summed E-state index contributed by atoms with van der Waals surface area (Å²) in [4.78, 5) is 12.1. The maximum absolute atomic E-state index is 12.5. The highest BCUT2D eigenvalue weighted by Gasteiger charge is 2.27. The molecule has 2 amide bonds. The van der Waals surface area contributed by atoms with Crippen LogP contribution in [-0.4, -0.2) is 43.8 Å². The van der Waals surface area contributed by atoms with Crippen molar-refractivity contribution < 1.29 is 23.0 Å². The summed E-state index contributed by atoms with van der Waals surface area (Å²) in [5.74, 6) is 0.991. The van der Waals surface area contributed by atoms with Gasteiger partial charge in [0.1, 0.15) is 5.69 Å². The molecule has 0 aliphatic rings. The molecule has 0 aliphatic heterocycles. The van der Waals surface area contributed by atoms with Crippen LogP contribution in [-0.2, 0) is 13.6 Å². The van der Waals surface area contributed by atoms with Gasteiger partial charge in [0.25, 0.3) is 0 Å². The molecule has 0 fully saturated rings. The largest absolute Gasteiger partial charge is 0.436 e. The molecule has 0 radical (unpaired) electrons. The van der Waals surface area contributed by atoms with Gasteiger partial charge in [0, 0.05) is 12.6 Å². The summed E-state index contributed by atoms with van der Waals surface area (Å²) in [6.07, 6.45) is 1.33. The zero-order valence-corrected chi connectivity index (χ0v) is 17.1. The van der Waals surface area contributed by atoms with Crippen LogP contribution in [0.25, 0.3) is 0 Å². The number of amides is 2. The lowest BCUT2D eigenvalue weighted by molar-refractivity contribution is -0.464. The van der Waals surface area contributed by atoms with Crippen molar-refractivity contribution in [2.24, 2.45) is 0 Å². The quantitative estimate of drug-likeness (QED) is 0.260. The maximum atomic E-state index is 12.5. The van der Waals surface area contributed by atoms with Crippen molar-refractivity contribution in [3.05, 3.63) is 24.3 Å². The van der Waals surface area contributed by atoms with Gasteiger partial charge in [0.05, 0.1) is 27.3 Å². The molecule has 3 N–H and O–H groups in total. The summed E-state index contributed by atoms with van der Waals surface area (Å²) < 4.78 is 24.9. The van der Waals surface area contributed by atoms with Crippen molar-refractivity contribution in [2.45, 2.75) is 33.6 Å². The van der Waals surface area contributed by atoms with Gasteiger partial charge in [0.15, 0.2) is 0 Å². The van der Waals surface area contributed by atoms with Crippen LogP contribution in [0.15, 0.2) is 24.3 Å². The predicted molar refractivity (Wildman–Crippen MR) is 105 cm³/mol. The topological polar surface area (TPSA) is 91.7 Å². The van der Waals surface area contributed by atoms with Crippen LogP contribution in [0.2, 0.25) is 0 Å². The Balaban J connectivity index is 2.67. The third-order valence-electron chi connectivity index (χ3n) is 3.31. The molecule has 0 atom stereocenters. The first-order valence-corrected chi connectivity index (χ1v) is 10.2. The standard InChI is InChI=1S/C17H29N4O4P/c1-6-12-24-26(23,25-13-7-2)20-17(22)19-16-10-8-15(9-11-16)18-14(3)21(4)5/h8-11H,6-7,12-13H2,1-5H3,(H2,19,20,22,23)/p+1. The van der Waals surface area contributed by atoms with Crippen LogP contribution in [0.3, 0.4) is 0 Å². The van der Waals surface area contributed by atoms with E-state index in [0.717, 1.165) is 11.5 Å². The van der Waals surface area contributed by atoms with Gasteiger partial charge in [-0.25, -0.2) is 19.8 Å². The number of anilines is 2. The second kappa shape index (κ2) is 11.0. The van der Waals surface area contributed by atoms with Gasteiger partial charge in [-0.15, -0.1) is 0 Å². The first-order valence-electron chi connectivity index (χ1n) is 8.66. The lowest BCUT2D eigenvalue weighted by Gasteiger charge is -2.18. The Morgan fingerprint density at radius 2 is 1.46 bits per heavy atom. The first kappa shape index (κ1) is 22.2. The molecule has 0 saturated heterocycles. The summed E-state index contributed by atoms with van der Waals surface area (Å²) in [6, 6.07) is 6.52. The van der Waals surface area contributed by atoms with Crippen molar-refractivity contribution in [1.82, 2.24) is 5.09 Å². The number of rotatable bonds is 9. The lowest BCUT2D eigenvalue weighted by Crippen LogP contribution is -2.28. The van der Waals surface area contributed by atoms with Crippen molar-refractivity contribution in [2.75, 3.05) is 37.9 Å². The highest BCUT2D eigenvalue weighted by Crippen LogP contribution is 2.43. The first-order chi connectivity index (χ1) is 12.3. The molecule has 1 rings (SSSR count). The second-order valence-corrected chi connectivity index (χ2v) is 7.65. The number of hydrogen-bond acceptors (Lipinski definition) is 4. The number of nitrogens with one attached hydrogen (secondary N) is 3. The molecule has 1 aromatic carbocycles. The number of carbonyl (C=O) groups is 1. The second-order valence-electron chi connectivity index (χ2n) is 5.91. The van der Waals surface area contributed by atoms with Gasteiger partial charge < -0.3 is 5.32 Å². The SMILES string of the molecule is CCCOP(=O)(NC(=O)Nc1ccc(NC(C)=[N+](C)C)cc1)OCCC. The summed E-state index contributed by atoms with van der Waals surface area (Å²) in [5, 5.41) is 8.17. The zero-order chi connectivity index (χ0) is 19.6. The number of urea groups is 1. The van der Waals surface area contributed by atoms with Crippen LogP contribution in [0.5, 0.6) is 0 Å². The fraction of sp³-hybridized carbons (Fsp3) is 0.529. The Kier molecular flexibility index (Phi) is 9.34. The molecule has 0 aromatic heterocycles. The summed E-state index contributed by atoms with van der Waals surface area (Å²) in [6.45, 7) is 6.21. The number of nitrogens with zero attached hydrogens (tertiary/aromatic N) is 1. The van der Waals surface area contributed by atoms with E-state index in [0.29, 0.717) is 18.5 Å².